The number of fused-ring (bicyclic) bond motifs is 1. The van der Waals surface area contributed by atoms with Crippen LogP contribution < -0.4 is 15.6 Å². The van der Waals surface area contributed by atoms with Gasteiger partial charge in [-0.05, 0) is 30.7 Å². The molecule has 3 aromatic rings. The second-order valence-electron chi connectivity index (χ2n) is 5.52. The Bertz CT molecular complexity index is 947. The number of hydrogen-bond acceptors (Lipinski definition) is 6. The fourth-order valence-electron chi connectivity index (χ4n) is 2.28. The molecule has 0 radical (unpaired) electrons. The Hall–Kier alpha value is -2.74. The van der Waals surface area contributed by atoms with Gasteiger partial charge in [0.25, 0.3) is 5.56 Å². The fourth-order valence-corrected chi connectivity index (χ4v) is 3.30. The SMILES string of the molecule is CCCc1nn2c(=O)cc(COc3ccc(NC(C)=O)cc3)nc2s1. The summed E-state index contributed by atoms with van der Waals surface area (Å²) in [5.74, 6) is 0.505. The minimum absolute atomic E-state index is 0.126. The van der Waals surface area contributed by atoms with Crippen LogP contribution in [0.25, 0.3) is 4.96 Å². The lowest BCUT2D eigenvalue weighted by Crippen LogP contribution is -2.16. The lowest BCUT2D eigenvalue weighted by molar-refractivity contribution is -0.114. The number of hydrogen-bond donors (Lipinski definition) is 1. The van der Waals surface area contributed by atoms with Crippen LogP contribution in [0.4, 0.5) is 5.69 Å². The van der Waals surface area contributed by atoms with Gasteiger partial charge >= 0.3 is 0 Å². The number of rotatable bonds is 6. The molecule has 0 fully saturated rings. The Labute approximate surface area is 148 Å². The van der Waals surface area contributed by atoms with Gasteiger partial charge in [0.1, 0.15) is 17.4 Å². The van der Waals surface area contributed by atoms with Crippen LogP contribution in [0.2, 0.25) is 0 Å². The normalized spacial score (nSPS) is 10.8. The molecule has 2 aromatic heterocycles. The molecule has 0 spiro atoms. The van der Waals surface area contributed by atoms with Gasteiger partial charge in [-0.2, -0.15) is 9.61 Å². The van der Waals surface area contributed by atoms with Gasteiger partial charge in [-0.15, -0.1) is 0 Å². The van der Waals surface area contributed by atoms with Gasteiger partial charge in [0, 0.05) is 25.1 Å². The topological polar surface area (TPSA) is 85.6 Å². The molecular weight excluding hydrogens is 340 g/mol. The smallest absolute Gasteiger partial charge is 0.275 e. The van der Waals surface area contributed by atoms with E-state index in [1.54, 1.807) is 24.3 Å². The maximum absolute atomic E-state index is 12.1. The van der Waals surface area contributed by atoms with Crippen LogP contribution in [0.3, 0.4) is 0 Å². The summed E-state index contributed by atoms with van der Waals surface area (Å²) >= 11 is 1.42. The van der Waals surface area contributed by atoms with E-state index in [0.717, 1.165) is 17.8 Å². The highest BCUT2D eigenvalue weighted by Gasteiger charge is 2.09. The van der Waals surface area contributed by atoms with E-state index in [0.29, 0.717) is 22.1 Å². The van der Waals surface area contributed by atoms with Gasteiger partial charge in [0.15, 0.2) is 0 Å². The fraction of sp³-hybridized carbons (Fsp3) is 0.294. The lowest BCUT2D eigenvalue weighted by Gasteiger charge is -2.07. The summed E-state index contributed by atoms with van der Waals surface area (Å²) in [5, 5.41) is 7.87. The Morgan fingerprint density at radius 1 is 1.32 bits per heavy atom. The van der Waals surface area contributed by atoms with Crippen molar-refractivity contribution < 1.29 is 9.53 Å². The molecule has 0 saturated carbocycles. The van der Waals surface area contributed by atoms with E-state index < -0.39 is 0 Å². The Morgan fingerprint density at radius 3 is 2.76 bits per heavy atom. The number of carbonyl (C=O) groups is 1. The van der Waals surface area contributed by atoms with Crippen molar-refractivity contribution in [2.45, 2.75) is 33.3 Å². The maximum atomic E-state index is 12.1. The number of amides is 1. The number of nitrogens with zero attached hydrogens (tertiary/aromatic N) is 3. The molecule has 0 aliphatic rings. The van der Waals surface area contributed by atoms with Gasteiger partial charge in [-0.1, -0.05) is 18.3 Å². The number of carbonyl (C=O) groups excluding carboxylic acids is 1. The molecule has 1 N–H and O–H groups in total. The number of aromatic nitrogens is 3. The first-order valence-electron chi connectivity index (χ1n) is 7.94. The molecule has 0 atom stereocenters. The molecule has 2 heterocycles. The molecule has 130 valence electrons. The highest BCUT2D eigenvalue weighted by Crippen LogP contribution is 2.17. The summed E-state index contributed by atoms with van der Waals surface area (Å²) in [5.41, 5.74) is 1.05. The molecule has 1 amide bonds. The zero-order valence-electron chi connectivity index (χ0n) is 14.0. The highest BCUT2D eigenvalue weighted by atomic mass is 32.1. The number of nitrogens with one attached hydrogen (secondary N) is 1. The lowest BCUT2D eigenvalue weighted by atomic mass is 10.3. The van der Waals surface area contributed by atoms with Gasteiger partial charge in [-0.3, -0.25) is 9.59 Å². The van der Waals surface area contributed by atoms with Crippen molar-refractivity contribution in [1.82, 2.24) is 14.6 Å². The third-order valence-corrected chi connectivity index (χ3v) is 4.33. The number of aryl methyl sites for hydroxylation is 1. The van der Waals surface area contributed by atoms with Crippen molar-refractivity contribution >= 4 is 27.9 Å². The van der Waals surface area contributed by atoms with Crippen molar-refractivity contribution in [2.24, 2.45) is 0 Å². The van der Waals surface area contributed by atoms with E-state index in [1.165, 1.54) is 28.8 Å². The van der Waals surface area contributed by atoms with Gasteiger partial charge in [-0.25, -0.2) is 4.98 Å². The molecule has 0 saturated heterocycles. The van der Waals surface area contributed by atoms with E-state index in [-0.39, 0.29) is 18.1 Å². The predicted octanol–water partition coefficient (Wildman–Crippen LogP) is 2.64. The molecule has 0 aliphatic heterocycles. The van der Waals surface area contributed by atoms with E-state index in [1.807, 2.05) is 0 Å². The van der Waals surface area contributed by atoms with Crippen LogP contribution in [0.5, 0.6) is 5.75 Å². The standard InChI is InChI=1S/C17H18N4O3S/c1-3-4-15-20-21-16(23)9-13(19-17(21)25-15)10-24-14-7-5-12(6-8-14)18-11(2)22/h5-9H,3-4,10H2,1-2H3,(H,18,22). The Balaban J connectivity index is 1.72. The molecule has 25 heavy (non-hydrogen) atoms. The van der Waals surface area contributed by atoms with Crippen LogP contribution in [0, 0.1) is 0 Å². The van der Waals surface area contributed by atoms with Crippen LogP contribution in [-0.4, -0.2) is 20.5 Å². The summed E-state index contributed by atoms with van der Waals surface area (Å²) in [6.45, 7) is 3.71. The molecule has 1 aromatic carbocycles. The third kappa shape index (κ3) is 4.21. The minimum atomic E-state index is -0.205. The largest absolute Gasteiger partial charge is 0.487 e. The van der Waals surface area contributed by atoms with Crippen LogP contribution in [0.1, 0.15) is 31.0 Å². The van der Waals surface area contributed by atoms with Crippen molar-refractivity contribution in [2.75, 3.05) is 5.32 Å². The van der Waals surface area contributed by atoms with E-state index in [9.17, 15) is 9.59 Å². The van der Waals surface area contributed by atoms with E-state index in [2.05, 4.69) is 22.3 Å². The van der Waals surface area contributed by atoms with E-state index in [4.69, 9.17) is 4.74 Å². The average Bonchev–Trinajstić information content (AvgIpc) is 2.97. The maximum Gasteiger partial charge on any atom is 0.275 e. The summed E-state index contributed by atoms with van der Waals surface area (Å²) in [6, 6.07) is 8.45. The van der Waals surface area contributed by atoms with Crippen molar-refractivity contribution in [3.8, 4) is 5.75 Å². The van der Waals surface area contributed by atoms with Crippen LogP contribution >= 0.6 is 11.3 Å². The third-order valence-electron chi connectivity index (χ3n) is 3.37. The molecule has 7 nitrogen and oxygen atoms in total. The van der Waals surface area contributed by atoms with Crippen LogP contribution in [0.15, 0.2) is 35.1 Å². The van der Waals surface area contributed by atoms with Crippen molar-refractivity contribution in [1.29, 1.82) is 0 Å². The monoisotopic (exact) mass is 358 g/mol. The summed E-state index contributed by atoms with van der Waals surface area (Å²) in [7, 11) is 0. The molecule has 0 bridgehead atoms. The molecule has 3 rings (SSSR count). The van der Waals surface area contributed by atoms with E-state index >= 15 is 0 Å². The second-order valence-corrected chi connectivity index (χ2v) is 6.56. The number of ether oxygens (including phenoxy) is 1. The summed E-state index contributed by atoms with van der Waals surface area (Å²) < 4.78 is 7.01. The van der Waals surface area contributed by atoms with Crippen LogP contribution in [-0.2, 0) is 17.8 Å². The quantitative estimate of drug-likeness (QED) is 0.732. The summed E-state index contributed by atoms with van der Waals surface area (Å²) in [4.78, 5) is 28.2. The van der Waals surface area contributed by atoms with Gasteiger partial charge < -0.3 is 10.1 Å². The Kier molecular flexibility index (Phi) is 5.08. The van der Waals surface area contributed by atoms with Crippen molar-refractivity contribution in [3.05, 3.63) is 51.4 Å². The second kappa shape index (κ2) is 7.43. The van der Waals surface area contributed by atoms with Gasteiger partial charge in [0.2, 0.25) is 10.9 Å². The van der Waals surface area contributed by atoms with Crippen molar-refractivity contribution in [3.63, 3.8) is 0 Å². The minimum Gasteiger partial charge on any atom is -0.487 e. The predicted molar refractivity (Wildman–Crippen MR) is 96.2 cm³/mol. The first-order valence-corrected chi connectivity index (χ1v) is 8.76. The Morgan fingerprint density at radius 2 is 2.08 bits per heavy atom. The first-order chi connectivity index (χ1) is 12.0. The zero-order chi connectivity index (χ0) is 17.8. The summed E-state index contributed by atoms with van der Waals surface area (Å²) in [6.07, 6.45) is 1.80. The molecule has 8 heteroatoms. The molecule has 0 unspecified atom stereocenters. The first kappa shape index (κ1) is 17.1. The van der Waals surface area contributed by atoms with Gasteiger partial charge in [0.05, 0.1) is 5.69 Å². The zero-order valence-corrected chi connectivity index (χ0v) is 14.8. The highest BCUT2D eigenvalue weighted by molar-refractivity contribution is 7.16. The molecule has 0 aliphatic carbocycles. The number of benzene rings is 1. The number of anilines is 1. The average molecular weight is 358 g/mol. The molecular formula is C17H18N4O3S.